The van der Waals surface area contributed by atoms with Crippen LogP contribution >= 0.6 is 11.3 Å². The zero-order valence-corrected chi connectivity index (χ0v) is 11.4. The largest absolute Gasteiger partial charge is 0.324 e. The van der Waals surface area contributed by atoms with Gasteiger partial charge in [-0.3, -0.25) is 4.79 Å². The van der Waals surface area contributed by atoms with Gasteiger partial charge >= 0.3 is 0 Å². The minimum atomic E-state index is -0.673. The number of rotatable bonds is 3. The molecule has 4 nitrogen and oxygen atoms in total. The number of nitrogens with one attached hydrogen (secondary N) is 1. The van der Waals surface area contributed by atoms with Gasteiger partial charge in [0.15, 0.2) is 0 Å². The number of benzene rings is 2. The number of thiazole rings is 1. The van der Waals surface area contributed by atoms with Gasteiger partial charge < -0.3 is 11.1 Å². The van der Waals surface area contributed by atoms with E-state index in [1.165, 1.54) is 11.3 Å². The van der Waals surface area contributed by atoms with Crippen molar-refractivity contribution in [2.45, 2.75) is 6.04 Å². The predicted octanol–water partition coefficient (Wildman–Crippen LogP) is 2.93. The van der Waals surface area contributed by atoms with Crippen molar-refractivity contribution >= 4 is 33.1 Å². The number of fused-ring (bicyclic) bond motifs is 1. The van der Waals surface area contributed by atoms with Crippen LogP contribution < -0.4 is 11.1 Å². The number of amides is 1. The number of anilines is 1. The van der Waals surface area contributed by atoms with Crippen molar-refractivity contribution in [1.82, 2.24) is 4.98 Å². The minimum absolute atomic E-state index is 0.222. The molecule has 3 rings (SSSR count). The molecule has 0 saturated heterocycles. The molecular formula is C15H13N3OS. The van der Waals surface area contributed by atoms with Gasteiger partial charge in [-0.1, -0.05) is 30.3 Å². The summed E-state index contributed by atoms with van der Waals surface area (Å²) in [5.41, 5.74) is 10.2. The Morgan fingerprint density at radius 1 is 1.20 bits per heavy atom. The number of nitrogens with zero attached hydrogens (tertiary/aromatic N) is 1. The van der Waals surface area contributed by atoms with E-state index < -0.39 is 6.04 Å². The average Bonchev–Trinajstić information content (AvgIpc) is 2.95. The van der Waals surface area contributed by atoms with Crippen LogP contribution in [0.15, 0.2) is 54.0 Å². The third kappa shape index (κ3) is 2.54. The second-order valence-corrected chi connectivity index (χ2v) is 5.30. The molecule has 3 N–H and O–H groups in total. The van der Waals surface area contributed by atoms with Crippen molar-refractivity contribution in [3.8, 4) is 0 Å². The van der Waals surface area contributed by atoms with Gasteiger partial charge in [-0.15, -0.1) is 11.3 Å². The Labute approximate surface area is 120 Å². The van der Waals surface area contributed by atoms with E-state index in [1.807, 2.05) is 48.5 Å². The zero-order valence-electron chi connectivity index (χ0n) is 10.6. The van der Waals surface area contributed by atoms with Crippen LogP contribution in [0.3, 0.4) is 0 Å². The van der Waals surface area contributed by atoms with Crippen molar-refractivity contribution in [2.24, 2.45) is 5.73 Å². The standard InChI is InChI=1S/C15H13N3OS/c16-14(10-4-2-1-3-5-10)15(19)18-11-6-7-12-13(8-11)20-9-17-12/h1-9,14H,16H2,(H,18,19)/t14-/m0/s1. The normalized spacial score (nSPS) is 12.2. The maximum Gasteiger partial charge on any atom is 0.245 e. The highest BCUT2D eigenvalue weighted by molar-refractivity contribution is 7.16. The molecule has 0 saturated carbocycles. The molecule has 100 valence electrons. The Kier molecular flexibility index (Phi) is 3.45. The van der Waals surface area contributed by atoms with Gasteiger partial charge in [0.2, 0.25) is 5.91 Å². The lowest BCUT2D eigenvalue weighted by atomic mass is 10.1. The summed E-state index contributed by atoms with van der Waals surface area (Å²) in [6.07, 6.45) is 0. The molecule has 0 aliphatic carbocycles. The molecule has 0 aliphatic heterocycles. The average molecular weight is 283 g/mol. The van der Waals surface area contributed by atoms with Crippen LogP contribution in [-0.2, 0) is 4.79 Å². The first-order valence-corrected chi connectivity index (χ1v) is 7.06. The lowest BCUT2D eigenvalue weighted by molar-refractivity contribution is -0.117. The molecule has 0 spiro atoms. The van der Waals surface area contributed by atoms with E-state index in [0.717, 1.165) is 21.5 Å². The molecule has 20 heavy (non-hydrogen) atoms. The van der Waals surface area contributed by atoms with Crippen LogP contribution in [0.4, 0.5) is 5.69 Å². The van der Waals surface area contributed by atoms with Gasteiger partial charge in [-0.05, 0) is 23.8 Å². The van der Waals surface area contributed by atoms with Crippen LogP contribution in [0.25, 0.3) is 10.2 Å². The molecule has 1 aromatic heterocycles. The van der Waals surface area contributed by atoms with E-state index >= 15 is 0 Å². The van der Waals surface area contributed by atoms with Gasteiger partial charge in [0, 0.05) is 5.69 Å². The van der Waals surface area contributed by atoms with Crippen molar-refractivity contribution in [1.29, 1.82) is 0 Å². The summed E-state index contributed by atoms with van der Waals surface area (Å²) in [7, 11) is 0. The third-order valence-electron chi connectivity index (χ3n) is 3.04. The summed E-state index contributed by atoms with van der Waals surface area (Å²) in [5.74, 6) is -0.222. The van der Waals surface area contributed by atoms with E-state index in [-0.39, 0.29) is 5.91 Å². The molecule has 0 fully saturated rings. The van der Waals surface area contributed by atoms with Crippen molar-refractivity contribution in [3.63, 3.8) is 0 Å². The minimum Gasteiger partial charge on any atom is -0.324 e. The fourth-order valence-electron chi connectivity index (χ4n) is 1.96. The van der Waals surface area contributed by atoms with Crippen LogP contribution in [0.1, 0.15) is 11.6 Å². The summed E-state index contributed by atoms with van der Waals surface area (Å²) in [6, 6.07) is 14.3. The van der Waals surface area contributed by atoms with Crippen molar-refractivity contribution in [2.75, 3.05) is 5.32 Å². The smallest absolute Gasteiger partial charge is 0.245 e. The fourth-order valence-corrected chi connectivity index (χ4v) is 2.68. The van der Waals surface area contributed by atoms with Gasteiger partial charge in [0.25, 0.3) is 0 Å². The molecule has 0 aliphatic rings. The number of carbonyl (C=O) groups is 1. The van der Waals surface area contributed by atoms with Crippen LogP contribution in [0.5, 0.6) is 0 Å². The SMILES string of the molecule is N[C@H](C(=O)Nc1ccc2ncsc2c1)c1ccccc1. The van der Waals surface area contributed by atoms with E-state index in [9.17, 15) is 4.79 Å². The van der Waals surface area contributed by atoms with Gasteiger partial charge in [-0.2, -0.15) is 0 Å². The maximum absolute atomic E-state index is 12.1. The molecular weight excluding hydrogens is 270 g/mol. The summed E-state index contributed by atoms with van der Waals surface area (Å²) in [5, 5.41) is 2.84. The van der Waals surface area contributed by atoms with Crippen LogP contribution in [0.2, 0.25) is 0 Å². The molecule has 0 unspecified atom stereocenters. The molecule has 2 aromatic carbocycles. The summed E-state index contributed by atoms with van der Waals surface area (Å²) in [4.78, 5) is 16.3. The lowest BCUT2D eigenvalue weighted by Crippen LogP contribution is -2.27. The monoisotopic (exact) mass is 283 g/mol. The first-order valence-electron chi connectivity index (χ1n) is 6.19. The van der Waals surface area contributed by atoms with Gasteiger partial charge in [0.05, 0.1) is 15.7 Å². The molecule has 5 heteroatoms. The molecule has 1 atom stereocenters. The predicted molar refractivity (Wildman–Crippen MR) is 81.6 cm³/mol. The van der Waals surface area contributed by atoms with Crippen molar-refractivity contribution in [3.05, 3.63) is 59.6 Å². The third-order valence-corrected chi connectivity index (χ3v) is 3.83. The highest BCUT2D eigenvalue weighted by atomic mass is 32.1. The zero-order chi connectivity index (χ0) is 13.9. The second kappa shape index (κ2) is 5.40. The molecule has 1 heterocycles. The Hall–Kier alpha value is -2.24. The number of hydrogen-bond acceptors (Lipinski definition) is 4. The summed E-state index contributed by atoms with van der Waals surface area (Å²) < 4.78 is 1.04. The maximum atomic E-state index is 12.1. The van der Waals surface area contributed by atoms with Crippen molar-refractivity contribution < 1.29 is 4.79 Å². The Morgan fingerprint density at radius 2 is 2.00 bits per heavy atom. The lowest BCUT2D eigenvalue weighted by Gasteiger charge is -2.12. The summed E-state index contributed by atoms with van der Waals surface area (Å²) >= 11 is 1.54. The highest BCUT2D eigenvalue weighted by Gasteiger charge is 2.15. The molecule has 3 aromatic rings. The Morgan fingerprint density at radius 3 is 2.80 bits per heavy atom. The number of hydrogen-bond donors (Lipinski definition) is 2. The van der Waals surface area contributed by atoms with Gasteiger partial charge in [-0.25, -0.2) is 4.98 Å². The van der Waals surface area contributed by atoms with E-state index in [1.54, 1.807) is 5.51 Å². The summed E-state index contributed by atoms with van der Waals surface area (Å²) in [6.45, 7) is 0. The Bertz CT molecular complexity index is 739. The van der Waals surface area contributed by atoms with Crippen LogP contribution in [-0.4, -0.2) is 10.9 Å². The topological polar surface area (TPSA) is 68.0 Å². The van der Waals surface area contributed by atoms with E-state index in [4.69, 9.17) is 5.73 Å². The molecule has 0 bridgehead atoms. The number of carbonyl (C=O) groups excluding carboxylic acids is 1. The second-order valence-electron chi connectivity index (χ2n) is 4.41. The van der Waals surface area contributed by atoms with Gasteiger partial charge in [0.1, 0.15) is 6.04 Å². The van der Waals surface area contributed by atoms with E-state index in [2.05, 4.69) is 10.3 Å². The Balaban J connectivity index is 1.78. The number of aromatic nitrogens is 1. The highest BCUT2D eigenvalue weighted by Crippen LogP contribution is 2.22. The van der Waals surface area contributed by atoms with Crippen LogP contribution in [0, 0.1) is 0 Å². The first-order chi connectivity index (χ1) is 9.74. The fraction of sp³-hybridized carbons (Fsp3) is 0.0667. The molecule has 0 radical (unpaired) electrons. The quantitative estimate of drug-likeness (QED) is 0.776. The first kappa shape index (κ1) is 12.8. The molecule has 1 amide bonds. The number of nitrogens with two attached hydrogens (primary N) is 1. The van der Waals surface area contributed by atoms with E-state index in [0.29, 0.717) is 0 Å².